The van der Waals surface area contributed by atoms with E-state index in [4.69, 9.17) is 9.47 Å². The summed E-state index contributed by atoms with van der Waals surface area (Å²) in [6, 6.07) is 6.45. The second kappa shape index (κ2) is 12.0. The Hall–Kier alpha value is -3.43. The van der Waals surface area contributed by atoms with Crippen molar-refractivity contribution < 1.29 is 14.3 Å². The molecule has 204 valence electrons. The summed E-state index contributed by atoms with van der Waals surface area (Å²) in [6.07, 6.45) is 6.56. The Morgan fingerprint density at radius 2 is 1.74 bits per heavy atom. The van der Waals surface area contributed by atoms with Crippen LogP contribution in [0.5, 0.6) is 11.5 Å². The molecule has 2 aromatic heterocycles. The third kappa shape index (κ3) is 5.54. The van der Waals surface area contributed by atoms with Crippen molar-refractivity contribution >= 4 is 22.9 Å². The van der Waals surface area contributed by atoms with E-state index in [1.54, 1.807) is 32.0 Å². The number of benzene rings is 1. The number of aromatic nitrogens is 2. The number of ether oxygens (including phenoxy) is 2. The summed E-state index contributed by atoms with van der Waals surface area (Å²) in [7, 11) is 8.98. The number of hydrogen-bond acceptors (Lipinski definition) is 8. The number of rotatable bonds is 10. The average molecular weight is 522 g/mol. The van der Waals surface area contributed by atoms with Crippen molar-refractivity contribution in [1.82, 2.24) is 19.4 Å². The number of hydrogen-bond donors (Lipinski definition) is 0. The van der Waals surface area contributed by atoms with Gasteiger partial charge in [0, 0.05) is 57.1 Å². The number of likely N-dealkylation sites (tertiary alicyclic amines) is 1. The molecule has 0 radical (unpaired) electrons. The van der Waals surface area contributed by atoms with Gasteiger partial charge in [-0.2, -0.15) is 0 Å². The Labute approximate surface area is 224 Å². The van der Waals surface area contributed by atoms with Gasteiger partial charge in [-0.15, -0.1) is 0 Å². The van der Waals surface area contributed by atoms with E-state index < -0.39 is 0 Å². The molecule has 0 saturated carbocycles. The van der Waals surface area contributed by atoms with E-state index in [0.717, 1.165) is 78.2 Å². The molecule has 0 aliphatic carbocycles. The first-order chi connectivity index (χ1) is 18.3. The minimum Gasteiger partial charge on any atom is -0.496 e. The van der Waals surface area contributed by atoms with Gasteiger partial charge in [0.05, 0.1) is 31.7 Å². The lowest BCUT2D eigenvalue weighted by atomic mass is 9.98. The van der Waals surface area contributed by atoms with Crippen molar-refractivity contribution in [3.8, 4) is 22.6 Å². The molecular weight excluding hydrogens is 482 g/mol. The molecule has 4 rings (SSSR count). The zero-order valence-corrected chi connectivity index (χ0v) is 23.4. The molecule has 3 aromatic rings. The van der Waals surface area contributed by atoms with Crippen molar-refractivity contribution in [1.29, 1.82) is 0 Å². The van der Waals surface area contributed by atoms with Crippen LogP contribution >= 0.6 is 0 Å². The summed E-state index contributed by atoms with van der Waals surface area (Å²) in [6.45, 7) is 6.09. The number of aryl methyl sites for hydroxylation is 1. The fraction of sp³-hybridized carbons (Fsp3) is 0.483. The number of methoxy groups -OCH3 is 2. The Morgan fingerprint density at radius 3 is 2.29 bits per heavy atom. The highest BCUT2D eigenvalue weighted by molar-refractivity contribution is 5.97. The van der Waals surface area contributed by atoms with Gasteiger partial charge in [-0.1, -0.05) is 6.92 Å². The third-order valence-corrected chi connectivity index (χ3v) is 7.60. The number of piperidine rings is 1. The number of nitrogens with zero attached hydrogens (tertiary/aromatic N) is 5. The van der Waals surface area contributed by atoms with Crippen molar-refractivity contribution in [2.75, 3.05) is 59.4 Å². The van der Waals surface area contributed by atoms with Gasteiger partial charge in [0.2, 0.25) is 0 Å². The van der Waals surface area contributed by atoms with Crippen LogP contribution in [0.15, 0.2) is 35.4 Å². The zero-order chi connectivity index (χ0) is 27.4. The third-order valence-electron chi connectivity index (χ3n) is 7.60. The van der Waals surface area contributed by atoms with Crippen molar-refractivity contribution in [2.24, 2.45) is 7.05 Å². The fourth-order valence-corrected chi connectivity index (χ4v) is 5.42. The molecule has 1 saturated heterocycles. The highest BCUT2D eigenvalue weighted by atomic mass is 16.5. The van der Waals surface area contributed by atoms with Crippen LogP contribution in [0.4, 0.5) is 5.82 Å². The highest BCUT2D eigenvalue weighted by Crippen LogP contribution is 2.38. The van der Waals surface area contributed by atoms with Gasteiger partial charge in [-0.3, -0.25) is 14.6 Å². The summed E-state index contributed by atoms with van der Waals surface area (Å²) < 4.78 is 13.4. The molecular formula is C29H39N5O4. The van der Waals surface area contributed by atoms with Crippen molar-refractivity contribution in [3.05, 3.63) is 46.5 Å². The molecule has 9 heteroatoms. The largest absolute Gasteiger partial charge is 0.496 e. The number of carbonyl (C=O) groups is 1. The van der Waals surface area contributed by atoms with Crippen LogP contribution < -0.4 is 19.9 Å². The standard InChI is InChI=1S/C29H39N5O4/c1-7-34(12-13-35)21-8-10-33(11-9-21)19-25-26(37-5)14-20(15-27(25)38-6)24-18-32(4)29(36)23-17-30-28(31(2)3)16-22(23)24/h13-18,21H,7-12,19H2,1-6H3. The van der Waals surface area contributed by atoms with E-state index in [1.165, 1.54) is 0 Å². The molecule has 3 heterocycles. The number of carbonyl (C=O) groups excluding carboxylic acids is 1. The van der Waals surface area contributed by atoms with E-state index in [9.17, 15) is 9.59 Å². The molecule has 1 aromatic carbocycles. The van der Waals surface area contributed by atoms with Crippen LogP contribution in [0.25, 0.3) is 21.9 Å². The van der Waals surface area contributed by atoms with Gasteiger partial charge in [0.15, 0.2) is 0 Å². The summed E-state index contributed by atoms with van der Waals surface area (Å²) in [5, 5.41) is 1.40. The number of anilines is 1. The predicted octanol–water partition coefficient (Wildman–Crippen LogP) is 3.17. The molecule has 0 atom stereocenters. The topological polar surface area (TPSA) is 80.1 Å². The highest BCUT2D eigenvalue weighted by Gasteiger charge is 2.25. The molecule has 0 unspecified atom stereocenters. The van der Waals surface area contributed by atoms with Crippen LogP contribution in [0.1, 0.15) is 25.3 Å². The van der Waals surface area contributed by atoms with E-state index in [1.807, 2.05) is 43.4 Å². The average Bonchev–Trinajstić information content (AvgIpc) is 2.93. The monoisotopic (exact) mass is 521 g/mol. The molecule has 9 nitrogen and oxygen atoms in total. The predicted molar refractivity (Wildman–Crippen MR) is 151 cm³/mol. The summed E-state index contributed by atoms with van der Waals surface area (Å²) in [5.41, 5.74) is 2.73. The van der Waals surface area contributed by atoms with E-state index in [-0.39, 0.29) is 5.56 Å². The lowest BCUT2D eigenvalue weighted by Gasteiger charge is -2.37. The van der Waals surface area contributed by atoms with Gasteiger partial charge in [-0.25, -0.2) is 4.98 Å². The molecule has 0 spiro atoms. The Bertz CT molecular complexity index is 1320. The van der Waals surface area contributed by atoms with Gasteiger partial charge in [0.25, 0.3) is 5.56 Å². The SMILES string of the molecule is CCN(CC=O)C1CCN(Cc2c(OC)cc(-c3cn(C)c(=O)c4cnc(N(C)C)cc34)cc2OC)CC1. The van der Waals surface area contributed by atoms with Crippen LogP contribution in [0.2, 0.25) is 0 Å². The Morgan fingerprint density at radius 1 is 1.08 bits per heavy atom. The van der Waals surface area contributed by atoms with Crippen LogP contribution in [0, 0.1) is 0 Å². The maximum absolute atomic E-state index is 12.9. The Balaban J connectivity index is 1.69. The molecule has 1 aliphatic rings. The van der Waals surface area contributed by atoms with Crippen molar-refractivity contribution in [3.63, 3.8) is 0 Å². The van der Waals surface area contributed by atoms with Gasteiger partial charge in [-0.05, 0) is 56.2 Å². The van der Waals surface area contributed by atoms with E-state index in [0.29, 0.717) is 24.5 Å². The summed E-state index contributed by atoms with van der Waals surface area (Å²) in [5.74, 6) is 2.28. The number of likely N-dealkylation sites (N-methyl/N-ethyl adjacent to an activating group) is 1. The lowest BCUT2D eigenvalue weighted by Crippen LogP contribution is -2.45. The van der Waals surface area contributed by atoms with Crippen LogP contribution in [0.3, 0.4) is 0 Å². The quantitative estimate of drug-likeness (QED) is 0.377. The summed E-state index contributed by atoms with van der Waals surface area (Å²) in [4.78, 5) is 35.0. The smallest absolute Gasteiger partial charge is 0.259 e. The second-order valence-corrected chi connectivity index (χ2v) is 10.1. The minimum atomic E-state index is -0.0877. The zero-order valence-electron chi connectivity index (χ0n) is 23.4. The summed E-state index contributed by atoms with van der Waals surface area (Å²) >= 11 is 0. The minimum absolute atomic E-state index is 0.0877. The van der Waals surface area contributed by atoms with Crippen LogP contribution in [-0.2, 0) is 18.4 Å². The Kier molecular flexibility index (Phi) is 8.69. The van der Waals surface area contributed by atoms with Crippen molar-refractivity contribution in [2.45, 2.75) is 32.4 Å². The molecule has 0 bridgehead atoms. The molecule has 1 aliphatic heterocycles. The maximum atomic E-state index is 12.9. The number of pyridine rings is 2. The van der Waals surface area contributed by atoms with Gasteiger partial charge >= 0.3 is 0 Å². The maximum Gasteiger partial charge on any atom is 0.259 e. The first-order valence-electron chi connectivity index (χ1n) is 13.1. The number of aldehydes is 1. The van der Waals surface area contributed by atoms with E-state index >= 15 is 0 Å². The normalized spacial score (nSPS) is 14.7. The number of fused-ring (bicyclic) bond motifs is 1. The second-order valence-electron chi connectivity index (χ2n) is 10.1. The lowest BCUT2D eigenvalue weighted by molar-refractivity contribution is -0.109. The fourth-order valence-electron chi connectivity index (χ4n) is 5.42. The first kappa shape index (κ1) is 27.6. The van der Waals surface area contributed by atoms with Gasteiger partial charge < -0.3 is 23.7 Å². The van der Waals surface area contributed by atoms with Crippen LogP contribution in [-0.4, -0.2) is 86.2 Å². The van der Waals surface area contributed by atoms with E-state index in [2.05, 4.69) is 21.7 Å². The van der Waals surface area contributed by atoms with Gasteiger partial charge in [0.1, 0.15) is 23.6 Å². The molecule has 0 amide bonds. The molecule has 0 N–H and O–H groups in total. The molecule has 38 heavy (non-hydrogen) atoms. The molecule has 1 fully saturated rings. The first-order valence-corrected chi connectivity index (χ1v) is 13.1.